The van der Waals surface area contributed by atoms with Gasteiger partial charge in [-0.15, -0.1) is 0 Å². The molecule has 28 heavy (non-hydrogen) atoms. The molecule has 0 aliphatic heterocycles. The molecule has 0 fully saturated rings. The summed E-state index contributed by atoms with van der Waals surface area (Å²) in [6.45, 7) is 5.76. The monoisotopic (exact) mass is 393 g/mol. The van der Waals surface area contributed by atoms with Gasteiger partial charge in [0.15, 0.2) is 5.16 Å². The number of nitrogens with zero attached hydrogens (tertiary/aromatic N) is 1. The van der Waals surface area contributed by atoms with E-state index in [0.29, 0.717) is 16.4 Å². The van der Waals surface area contributed by atoms with Crippen molar-refractivity contribution in [2.75, 3.05) is 5.32 Å². The standard InChI is InChI=1S/C22H23N3O2S/c1-14-9-7-8-12-19(14)24-20(26)13-18-15(2)23-22(25-21(18)27)28-16(3)17-10-5-4-6-11-17/h4-12,16H,13H2,1-3H3,(H,24,26)(H,23,25,27). The lowest BCUT2D eigenvalue weighted by Gasteiger charge is -2.12. The van der Waals surface area contributed by atoms with Crippen molar-refractivity contribution < 1.29 is 4.79 Å². The van der Waals surface area contributed by atoms with Crippen molar-refractivity contribution in [3.63, 3.8) is 0 Å². The number of benzene rings is 2. The van der Waals surface area contributed by atoms with Crippen molar-refractivity contribution >= 4 is 23.4 Å². The summed E-state index contributed by atoms with van der Waals surface area (Å²) in [5, 5.41) is 3.57. The largest absolute Gasteiger partial charge is 0.326 e. The van der Waals surface area contributed by atoms with Crippen LogP contribution in [0.4, 0.5) is 5.69 Å². The van der Waals surface area contributed by atoms with Gasteiger partial charge in [-0.25, -0.2) is 4.98 Å². The molecule has 0 saturated heterocycles. The molecule has 1 atom stereocenters. The number of carbonyl (C=O) groups excluding carboxylic acids is 1. The van der Waals surface area contributed by atoms with Gasteiger partial charge in [0.05, 0.1) is 6.42 Å². The zero-order valence-electron chi connectivity index (χ0n) is 16.2. The minimum Gasteiger partial charge on any atom is -0.326 e. The van der Waals surface area contributed by atoms with Crippen molar-refractivity contribution in [1.82, 2.24) is 9.97 Å². The molecule has 1 aromatic heterocycles. The van der Waals surface area contributed by atoms with Crippen LogP contribution in [0.15, 0.2) is 64.5 Å². The maximum atomic E-state index is 12.5. The van der Waals surface area contributed by atoms with E-state index in [-0.39, 0.29) is 23.1 Å². The lowest BCUT2D eigenvalue weighted by atomic mass is 10.1. The average Bonchev–Trinajstić information content (AvgIpc) is 2.67. The Kier molecular flexibility index (Phi) is 6.31. The van der Waals surface area contributed by atoms with Gasteiger partial charge < -0.3 is 10.3 Å². The molecule has 3 rings (SSSR count). The van der Waals surface area contributed by atoms with E-state index in [9.17, 15) is 9.59 Å². The van der Waals surface area contributed by atoms with Crippen LogP contribution >= 0.6 is 11.8 Å². The molecule has 0 radical (unpaired) electrons. The van der Waals surface area contributed by atoms with Crippen LogP contribution < -0.4 is 10.9 Å². The third kappa shape index (κ3) is 4.89. The third-order valence-corrected chi connectivity index (χ3v) is 5.56. The first-order valence-corrected chi connectivity index (χ1v) is 9.99. The number of para-hydroxylation sites is 1. The van der Waals surface area contributed by atoms with E-state index in [2.05, 4.69) is 22.2 Å². The Hall–Kier alpha value is -2.86. The Morgan fingerprint density at radius 3 is 2.46 bits per heavy atom. The predicted molar refractivity (Wildman–Crippen MR) is 114 cm³/mol. The molecular weight excluding hydrogens is 370 g/mol. The highest BCUT2D eigenvalue weighted by Gasteiger charge is 2.15. The number of rotatable bonds is 6. The zero-order valence-corrected chi connectivity index (χ0v) is 17.0. The van der Waals surface area contributed by atoms with Gasteiger partial charge in [-0.1, -0.05) is 60.3 Å². The second kappa shape index (κ2) is 8.89. The van der Waals surface area contributed by atoms with E-state index in [0.717, 1.165) is 16.8 Å². The molecule has 2 aromatic carbocycles. The molecule has 144 valence electrons. The highest BCUT2D eigenvalue weighted by molar-refractivity contribution is 7.99. The number of aromatic nitrogens is 2. The van der Waals surface area contributed by atoms with Crippen LogP contribution in [0.5, 0.6) is 0 Å². The van der Waals surface area contributed by atoms with Crippen LogP contribution in [0.3, 0.4) is 0 Å². The van der Waals surface area contributed by atoms with Crippen LogP contribution in [-0.4, -0.2) is 15.9 Å². The minimum atomic E-state index is -0.268. The minimum absolute atomic E-state index is 0.0122. The molecule has 3 aromatic rings. The molecule has 0 saturated carbocycles. The Balaban J connectivity index is 1.72. The predicted octanol–water partition coefficient (Wildman–Crippen LogP) is 4.42. The molecule has 0 aliphatic carbocycles. The quantitative estimate of drug-likeness (QED) is 0.480. The second-order valence-electron chi connectivity index (χ2n) is 6.65. The summed E-state index contributed by atoms with van der Waals surface area (Å²) in [5.41, 5.74) is 3.58. The number of H-pyrrole nitrogens is 1. The Morgan fingerprint density at radius 2 is 1.79 bits per heavy atom. The highest BCUT2D eigenvalue weighted by Crippen LogP contribution is 2.32. The van der Waals surface area contributed by atoms with Crippen LogP contribution in [0, 0.1) is 13.8 Å². The van der Waals surface area contributed by atoms with Gasteiger partial charge in [-0.3, -0.25) is 9.59 Å². The van der Waals surface area contributed by atoms with Crippen molar-refractivity contribution in [2.24, 2.45) is 0 Å². The van der Waals surface area contributed by atoms with Gasteiger partial charge in [-0.05, 0) is 38.0 Å². The molecule has 0 bridgehead atoms. The molecule has 1 amide bonds. The van der Waals surface area contributed by atoms with Gasteiger partial charge in [0.1, 0.15) is 0 Å². The summed E-state index contributed by atoms with van der Waals surface area (Å²) in [7, 11) is 0. The zero-order chi connectivity index (χ0) is 20.1. The smallest absolute Gasteiger partial charge is 0.255 e. The fraction of sp³-hybridized carbons (Fsp3) is 0.227. The van der Waals surface area contributed by atoms with Gasteiger partial charge in [-0.2, -0.15) is 0 Å². The van der Waals surface area contributed by atoms with Crippen LogP contribution in [0.2, 0.25) is 0 Å². The SMILES string of the molecule is Cc1ccccc1NC(=O)Cc1c(C)nc(SC(C)c2ccccc2)[nH]c1=O. The lowest BCUT2D eigenvalue weighted by Crippen LogP contribution is -2.24. The Bertz CT molecular complexity index is 1030. The summed E-state index contributed by atoms with van der Waals surface area (Å²) >= 11 is 1.49. The van der Waals surface area contributed by atoms with E-state index in [1.54, 1.807) is 6.92 Å². The molecule has 0 spiro atoms. The molecule has 0 aliphatic rings. The van der Waals surface area contributed by atoms with Gasteiger partial charge in [0.25, 0.3) is 5.56 Å². The van der Waals surface area contributed by atoms with Crippen LogP contribution in [-0.2, 0) is 11.2 Å². The fourth-order valence-electron chi connectivity index (χ4n) is 2.88. The maximum Gasteiger partial charge on any atom is 0.255 e. The maximum absolute atomic E-state index is 12.5. The molecule has 5 nitrogen and oxygen atoms in total. The molecule has 1 unspecified atom stereocenters. The fourth-order valence-corrected chi connectivity index (χ4v) is 3.85. The van der Waals surface area contributed by atoms with E-state index in [1.165, 1.54) is 11.8 Å². The highest BCUT2D eigenvalue weighted by atomic mass is 32.2. The van der Waals surface area contributed by atoms with Crippen molar-refractivity contribution in [3.05, 3.63) is 87.3 Å². The normalized spacial score (nSPS) is 11.8. The van der Waals surface area contributed by atoms with Crippen molar-refractivity contribution in [2.45, 2.75) is 37.6 Å². The Morgan fingerprint density at radius 1 is 1.11 bits per heavy atom. The second-order valence-corrected chi connectivity index (χ2v) is 7.98. The average molecular weight is 394 g/mol. The van der Waals surface area contributed by atoms with Crippen molar-refractivity contribution in [1.29, 1.82) is 0 Å². The number of hydrogen-bond acceptors (Lipinski definition) is 4. The summed E-state index contributed by atoms with van der Waals surface area (Å²) < 4.78 is 0. The molecule has 1 heterocycles. The van der Waals surface area contributed by atoms with Crippen LogP contribution in [0.25, 0.3) is 0 Å². The first-order valence-electron chi connectivity index (χ1n) is 9.11. The van der Waals surface area contributed by atoms with E-state index >= 15 is 0 Å². The number of thioether (sulfide) groups is 1. The number of anilines is 1. The number of aromatic amines is 1. The first kappa shape index (κ1) is 19.9. The van der Waals surface area contributed by atoms with E-state index in [1.807, 2.05) is 61.5 Å². The number of aryl methyl sites for hydroxylation is 2. The topological polar surface area (TPSA) is 74.8 Å². The first-order chi connectivity index (χ1) is 13.4. The molecule has 6 heteroatoms. The number of carbonyl (C=O) groups is 1. The Labute approximate surface area is 168 Å². The van der Waals surface area contributed by atoms with E-state index in [4.69, 9.17) is 0 Å². The van der Waals surface area contributed by atoms with Gasteiger partial charge >= 0.3 is 0 Å². The summed E-state index contributed by atoms with van der Waals surface area (Å²) in [6, 6.07) is 17.6. The molecule has 2 N–H and O–H groups in total. The molecular formula is C22H23N3O2S. The number of amides is 1. The lowest BCUT2D eigenvalue weighted by molar-refractivity contribution is -0.115. The summed E-state index contributed by atoms with van der Waals surface area (Å²) in [6.07, 6.45) is -0.0122. The van der Waals surface area contributed by atoms with Gasteiger partial charge in [0.2, 0.25) is 5.91 Å². The van der Waals surface area contributed by atoms with Crippen LogP contribution in [0.1, 0.15) is 34.6 Å². The van der Waals surface area contributed by atoms with E-state index < -0.39 is 0 Å². The number of nitrogens with one attached hydrogen (secondary N) is 2. The van der Waals surface area contributed by atoms with Gasteiger partial charge in [0, 0.05) is 22.2 Å². The summed E-state index contributed by atoms with van der Waals surface area (Å²) in [5.74, 6) is -0.234. The van der Waals surface area contributed by atoms with Crippen molar-refractivity contribution in [3.8, 4) is 0 Å². The number of hydrogen-bond donors (Lipinski definition) is 2. The third-order valence-electron chi connectivity index (χ3n) is 4.51. The summed E-state index contributed by atoms with van der Waals surface area (Å²) in [4.78, 5) is 32.3.